The van der Waals surface area contributed by atoms with E-state index in [9.17, 15) is 14.4 Å². The summed E-state index contributed by atoms with van der Waals surface area (Å²) in [5.74, 6) is 0.0812. The van der Waals surface area contributed by atoms with Crippen LogP contribution in [0.3, 0.4) is 0 Å². The first kappa shape index (κ1) is 27.1. The number of nitrogens with one attached hydrogen (secondary N) is 1. The van der Waals surface area contributed by atoms with E-state index >= 15 is 0 Å². The molecule has 0 spiro atoms. The van der Waals surface area contributed by atoms with Crippen molar-refractivity contribution in [1.82, 2.24) is 5.32 Å². The zero-order valence-corrected chi connectivity index (χ0v) is 22.4. The van der Waals surface area contributed by atoms with Gasteiger partial charge in [-0.15, -0.1) is 0 Å². The predicted octanol–water partition coefficient (Wildman–Crippen LogP) is 5.10. The molecule has 1 heterocycles. The minimum Gasteiger partial charge on any atom is -0.494 e. The first-order chi connectivity index (χ1) is 17.2. The normalized spacial score (nSPS) is 15.6. The van der Waals surface area contributed by atoms with Crippen LogP contribution in [0.15, 0.2) is 40.4 Å². The van der Waals surface area contributed by atoms with Crippen molar-refractivity contribution in [1.29, 1.82) is 0 Å². The number of nitrogens with zero attached hydrogens (tertiary/aromatic N) is 1. The number of urea groups is 1. The fourth-order valence-electron chi connectivity index (χ4n) is 3.47. The van der Waals surface area contributed by atoms with E-state index in [4.69, 9.17) is 18.9 Å². The number of carbonyl (C=O) groups is 3. The number of barbiturate groups is 1. The van der Waals surface area contributed by atoms with Crippen LogP contribution < -0.4 is 29.2 Å². The van der Waals surface area contributed by atoms with Crippen molar-refractivity contribution in [3.05, 3.63) is 45.9 Å². The molecule has 10 heteroatoms. The van der Waals surface area contributed by atoms with Crippen molar-refractivity contribution in [2.24, 2.45) is 0 Å². The molecule has 36 heavy (non-hydrogen) atoms. The predicted molar refractivity (Wildman–Crippen MR) is 139 cm³/mol. The zero-order valence-electron chi connectivity index (χ0n) is 20.8. The highest BCUT2D eigenvalue weighted by Gasteiger charge is 2.38. The molecular formula is C26H29BrN2O7. The molecule has 0 aliphatic carbocycles. The van der Waals surface area contributed by atoms with Crippen LogP contribution in [0.1, 0.15) is 39.7 Å². The first-order valence-corrected chi connectivity index (χ1v) is 12.4. The van der Waals surface area contributed by atoms with Crippen molar-refractivity contribution in [2.45, 2.75) is 40.2 Å². The Bertz CT molecular complexity index is 1200. The number of hydrogen-bond donors (Lipinski definition) is 1. The van der Waals surface area contributed by atoms with E-state index in [1.54, 1.807) is 31.2 Å². The third-order valence-corrected chi connectivity index (χ3v) is 5.93. The molecule has 1 aliphatic rings. The SMILES string of the molecule is CCOc1ccc(OCC)c(N2C(=O)NC(=O)/C(=C\c3cc(Br)c(O[C@H](C)CC)c(OC)c3)C2=O)c1. The summed E-state index contributed by atoms with van der Waals surface area (Å²) in [7, 11) is 1.50. The molecule has 4 amide bonds. The highest BCUT2D eigenvalue weighted by molar-refractivity contribution is 9.10. The molecule has 0 saturated carbocycles. The van der Waals surface area contributed by atoms with Gasteiger partial charge < -0.3 is 18.9 Å². The highest BCUT2D eigenvalue weighted by Crippen LogP contribution is 2.39. The van der Waals surface area contributed by atoms with Gasteiger partial charge in [0, 0.05) is 6.07 Å². The Kier molecular flexibility index (Phi) is 8.98. The number of imide groups is 2. The van der Waals surface area contributed by atoms with Crippen LogP contribution in [0.5, 0.6) is 23.0 Å². The maximum atomic E-state index is 13.5. The Morgan fingerprint density at radius 3 is 2.39 bits per heavy atom. The molecule has 192 valence electrons. The average molecular weight is 561 g/mol. The van der Waals surface area contributed by atoms with Crippen molar-refractivity contribution >= 4 is 45.5 Å². The lowest BCUT2D eigenvalue weighted by Crippen LogP contribution is -2.54. The number of amides is 4. The molecule has 2 aromatic rings. The second kappa shape index (κ2) is 11.9. The molecule has 0 unspecified atom stereocenters. The lowest BCUT2D eigenvalue weighted by molar-refractivity contribution is -0.122. The Hall–Kier alpha value is -3.53. The lowest BCUT2D eigenvalue weighted by Gasteiger charge is -2.28. The summed E-state index contributed by atoms with van der Waals surface area (Å²) >= 11 is 3.48. The number of ether oxygens (including phenoxy) is 4. The van der Waals surface area contributed by atoms with E-state index < -0.39 is 17.8 Å². The quantitative estimate of drug-likeness (QED) is 0.318. The van der Waals surface area contributed by atoms with Gasteiger partial charge in [0.1, 0.15) is 17.1 Å². The van der Waals surface area contributed by atoms with E-state index in [-0.39, 0.29) is 17.4 Å². The smallest absolute Gasteiger partial charge is 0.336 e. The molecular weight excluding hydrogens is 532 g/mol. The molecule has 0 aromatic heterocycles. The Labute approximate surface area is 218 Å². The molecule has 2 aromatic carbocycles. The van der Waals surface area contributed by atoms with E-state index in [1.165, 1.54) is 19.3 Å². The van der Waals surface area contributed by atoms with Crippen LogP contribution in [-0.2, 0) is 9.59 Å². The summed E-state index contributed by atoms with van der Waals surface area (Å²) in [4.78, 5) is 39.8. The van der Waals surface area contributed by atoms with Gasteiger partial charge in [-0.1, -0.05) is 6.92 Å². The summed E-state index contributed by atoms with van der Waals surface area (Å²) in [6.45, 7) is 8.25. The topological polar surface area (TPSA) is 103 Å². The second-order valence-corrected chi connectivity index (χ2v) is 8.68. The fourth-order valence-corrected chi connectivity index (χ4v) is 4.02. The molecule has 0 radical (unpaired) electrons. The van der Waals surface area contributed by atoms with E-state index in [0.717, 1.165) is 11.3 Å². The van der Waals surface area contributed by atoms with Crippen LogP contribution in [0.4, 0.5) is 10.5 Å². The molecule has 1 saturated heterocycles. The maximum Gasteiger partial charge on any atom is 0.336 e. The molecule has 1 N–H and O–H groups in total. The summed E-state index contributed by atoms with van der Waals surface area (Å²) in [5.41, 5.74) is 0.430. The molecule has 1 fully saturated rings. The van der Waals surface area contributed by atoms with Crippen molar-refractivity contribution < 1.29 is 33.3 Å². The summed E-state index contributed by atoms with van der Waals surface area (Å²) in [5, 5.41) is 2.23. The van der Waals surface area contributed by atoms with Crippen LogP contribution in [0, 0.1) is 0 Å². The van der Waals surface area contributed by atoms with Gasteiger partial charge in [0.05, 0.1) is 36.6 Å². The van der Waals surface area contributed by atoms with Crippen LogP contribution in [0.2, 0.25) is 0 Å². The first-order valence-electron chi connectivity index (χ1n) is 11.6. The third kappa shape index (κ3) is 5.81. The number of carbonyl (C=O) groups excluding carboxylic acids is 3. The number of anilines is 1. The highest BCUT2D eigenvalue weighted by atomic mass is 79.9. The van der Waals surface area contributed by atoms with Gasteiger partial charge in [-0.3, -0.25) is 14.9 Å². The monoisotopic (exact) mass is 560 g/mol. The van der Waals surface area contributed by atoms with Crippen LogP contribution in [0.25, 0.3) is 6.08 Å². The number of hydrogen-bond acceptors (Lipinski definition) is 7. The Morgan fingerprint density at radius 1 is 1.03 bits per heavy atom. The average Bonchev–Trinajstić information content (AvgIpc) is 2.84. The summed E-state index contributed by atoms with van der Waals surface area (Å²) in [6, 6.07) is 7.29. The molecule has 1 atom stereocenters. The Morgan fingerprint density at radius 2 is 1.75 bits per heavy atom. The van der Waals surface area contributed by atoms with Gasteiger partial charge in [-0.2, -0.15) is 0 Å². The molecule has 1 aliphatic heterocycles. The van der Waals surface area contributed by atoms with Gasteiger partial charge in [0.15, 0.2) is 11.5 Å². The van der Waals surface area contributed by atoms with Crippen LogP contribution >= 0.6 is 15.9 Å². The second-order valence-electron chi connectivity index (χ2n) is 7.82. The maximum absolute atomic E-state index is 13.5. The van der Waals surface area contributed by atoms with Gasteiger partial charge in [-0.25, -0.2) is 9.69 Å². The van der Waals surface area contributed by atoms with Crippen molar-refractivity contribution in [3.63, 3.8) is 0 Å². The van der Waals surface area contributed by atoms with Gasteiger partial charge in [0.25, 0.3) is 11.8 Å². The standard InChI is InChI=1S/C26H29BrN2O7/c1-6-15(4)36-23-19(27)12-16(13-22(23)33-5)11-18-24(30)28-26(32)29(25(18)31)20-14-17(34-7-2)9-10-21(20)35-8-3/h9-15H,6-8H2,1-5H3,(H,28,30,32)/b18-11+/t15-/m1/s1. The van der Waals surface area contributed by atoms with Crippen LogP contribution in [-0.4, -0.2) is 44.3 Å². The minimum atomic E-state index is -0.882. The largest absolute Gasteiger partial charge is 0.494 e. The number of benzene rings is 2. The molecule has 3 rings (SSSR count). The van der Waals surface area contributed by atoms with E-state index in [2.05, 4.69) is 21.2 Å². The Balaban J connectivity index is 2.06. The number of halogens is 1. The minimum absolute atomic E-state index is 0.0448. The van der Waals surface area contributed by atoms with Crippen molar-refractivity contribution in [2.75, 3.05) is 25.2 Å². The molecule has 9 nitrogen and oxygen atoms in total. The zero-order chi connectivity index (χ0) is 26.4. The van der Waals surface area contributed by atoms with E-state index in [1.807, 2.05) is 20.8 Å². The molecule has 0 bridgehead atoms. The van der Waals surface area contributed by atoms with Gasteiger partial charge in [0.2, 0.25) is 0 Å². The van der Waals surface area contributed by atoms with Crippen molar-refractivity contribution in [3.8, 4) is 23.0 Å². The third-order valence-electron chi connectivity index (χ3n) is 5.34. The van der Waals surface area contributed by atoms with Gasteiger partial charge in [-0.05, 0) is 79.0 Å². The number of methoxy groups -OCH3 is 1. The lowest BCUT2D eigenvalue weighted by atomic mass is 10.1. The summed E-state index contributed by atoms with van der Waals surface area (Å²) in [6.07, 6.45) is 2.15. The van der Waals surface area contributed by atoms with Gasteiger partial charge >= 0.3 is 6.03 Å². The summed E-state index contributed by atoms with van der Waals surface area (Å²) < 4.78 is 23.2. The van der Waals surface area contributed by atoms with E-state index in [0.29, 0.717) is 46.2 Å². The number of rotatable bonds is 10. The fraction of sp³-hybridized carbons (Fsp3) is 0.346.